The van der Waals surface area contributed by atoms with E-state index in [1.165, 1.54) is 29.3 Å². The number of thiocarbonyl (C=S) groups is 1. The van der Waals surface area contributed by atoms with Crippen molar-refractivity contribution in [3.05, 3.63) is 65.7 Å². The highest BCUT2D eigenvalue weighted by molar-refractivity contribution is 7.80. The van der Waals surface area contributed by atoms with E-state index >= 15 is 0 Å². The molecule has 24 heavy (non-hydrogen) atoms. The maximum Gasteiger partial charge on any atom is 0.387 e. The molecule has 0 aromatic heterocycles. The van der Waals surface area contributed by atoms with Crippen LogP contribution in [0.3, 0.4) is 0 Å². The Balaban J connectivity index is 2.15. The zero-order valence-electron chi connectivity index (χ0n) is 12.5. The van der Waals surface area contributed by atoms with Gasteiger partial charge in [-0.2, -0.15) is 8.78 Å². The minimum Gasteiger partial charge on any atom is -0.434 e. The molecular formula is C16H15F2N3O2S. The van der Waals surface area contributed by atoms with Crippen LogP contribution in [0.1, 0.15) is 15.9 Å². The third-order valence-corrected chi connectivity index (χ3v) is 3.25. The number of amides is 1. The molecule has 0 atom stereocenters. The first kappa shape index (κ1) is 17.6. The topological polar surface area (TPSA) is 67.6 Å². The minimum absolute atomic E-state index is 0.0490. The van der Waals surface area contributed by atoms with E-state index in [1.807, 2.05) is 30.3 Å². The molecule has 0 bridgehead atoms. The Morgan fingerprint density at radius 1 is 1.17 bits per heavy atom. The molecular weight excluding hydrogens is 336 g/mol. The highest BCUT2D eigenvalue weighted by Crippen LogP contribution is 2.20. The molecule has 126 valence electrons. The van der Waals surface area contributed by atoms with Crippen molar-refractivity contribution in [1.29, 1.82) is 0 Å². The Hall–Kier alpha value is -2.74. The van der Waals surface area contributed by atoms with Gasteiger partial charge in [-0.1, -0.05) is 42.5 Å². The lowest BCUT2D eigenvalue weighted by molar-refractivity contribution is -0.0502. The van der Waals surface area contributed by atoms with Crippen LogP contribution in [0.4, 0.5) is 8.78 Å². The Morgan fingerprint density at radius 2 is 1.79 bits per heavy atom. The zero-order valence-corrected chi connectivity index (χ0v) is 13.3. The lowest BCUT2D eigenvalue weighted by Crippen LogP contribution is -2.48. The number of nitrogens with two attached hydrogens (primary N) is 1. The first-order chi connectivity index (χ1) is 11.5. The van der Waals surface area contributed by atoms with Gasteiger partial charge < -0.3 is 10.5 Å². The van der Waals surface area contributed by atoms with Crippen molar-refractivity contribution in [1.82, 2.24) is 10.4 Å². The number of para-hydroxylation sites is 1. The van der Waals surface area contributed by atoms with Crippen LogP contribution >= 0.6 is 12.2 Å². The number of nitrogens with zero attached hydrogens (tertiary/aromatic N) is 1. The summed E-state index contributed by atoms with van der Waals surface area (Å²) in [5.74, 6) is -0.886. The number of halogens is 2. The number of hydrogen-bond donors (Lipinski definition) is 2. The lowest BCUT2D eigenvalue weighted by atomic mass is 10.2. The fraction of sp³-hybridized carbons (Fsp3) is 0.125. The number of carbonyl (C=O) groups is 1. The molecule has 1 amide bonds. The molecule has 0 aliphatic rings. The highest BCUT2D eigenvalue weighted by Gasteiger charge is 2.18. The van der Waals surface area contributed by atoms with Crippen molar-refractivity contribution in [3.63, 3.8) is 0 Å². The SMILES string of the molecule is NC(=S)N(Cc1ccccc1)NC(=O)c1ccccc1OC(F)F. The molecule has 8 heteroatoms. The van der Waals surface area contributed by atoms with Crippen LogP contribution in [0.5, 0.6) is 5.75 Å². The molecule has 0 saturated carbocycles. The van der Waals surface area contributed by atoms with E-state index in [0.29, 0.717) is 0 Å². The zero-order chi connectivity index (χ0) is 17.5. The van der Waals surface area contributed by atoms with Gasteiger partial charge in [0.15, 0.2) is 5.11 Å². The summed E-state index contributed by atoms with van der Waals surface area (Å²) in [7, 11) is 0. The van der Waals surface area contributed by atoms with Crippen LogP contribution < -0.4 is 15.9 Å². The van der Waals surface area contributed by atoms with Crippen molar-refractivity contribution in [2.45, 2.75) is 13.2 Å². The van der Waals surface area contributed by atoms with Gasteiger partial charge in [0.2, 0.25) is 0 Å². The predicted octanol–water partition coefficient (Wildman–Crippen LogP) is 2.68. The molecule has 0 saturated heterocycles. The molecule has 0 spiro atoms. The fourth-order valence-corrected chi connectivity index (χ4v) is 2.08. The molecule has 0 aliphatic carbocycles. The van der Waals surface area contributed by atoms with Crippen molar-refractivity contribution >= 4 is 23.2 Å². The highest BCUT2D eigenvalue weighted by atomic mass is 32.1. The molecule has 2 aromatic carbocycles. The Morgan fingerprint density at radius 3 is 2.42 bits per heavy atom. The van der Waals surface area contributed by atoms with Gasteiger partial charge in [0.05, 0.1) is 12.1 Å². The number of nitrogens with one attached hydrogen (secondary N) is 1. The third-order valence-electron chi connectivity index (χ3n) is 3.03. The van der Waals surface area contributed by atoms with Crippen LogP contribution in [0.25, 0.3) is 0 Å². The summed E-state index contributed by atoms with van der Waals surface area (Å²) >= 11 is 4.93. The average molecular weight is 351 g/mol. The maximum absolute atomic E-state index is 12.4. The van der Waals surface area contributed by atoms with Gasteiger partial charge in [-0.25, -0.2) is 0 Å². The Bertz CT molecular complexity index is 713. The summed E-state index contributed by atoms with van der Waals surface area (Å²) in [6, 6.07) is 14.9. The summed E-state index contributed by atoms with van der Waals surface area (Å²) in [5.41, 5.74) is 8.93. The molecule has 0 radical (unpaired) electrons. The predicted molar refractivity (Wildman–Crippen MR) is 89.3 cm³/mol. The summed E-state index contributed by atoms with van der Waals surface area (Å²) in [6.07, 6.45) is 0. The maximum atomic E-state index is 12.4. The largest absolute Gasteiger partial charge is 0.434 e. The van der Waals surface area contributed by atoms with Crippen LogP contribution in [0, 0.1) is 0 Å². The van der Waals surface area contributed by atoms with Gasteiger partial charge in [-0.05, 0) is 29.9 Å². The van der Waals surface area contributed by atoms with Crippen molar-refractivity contribution < 1.29 is 18.3 Å². The Labute approximate surface area is 143 Å². The van der Waals surface area contributed by atoms with E-state index in [1.54, 1.807) is 0 Å². The second kappa shape index (κ2) is 8.21. The van der Waals surface area contributed by atoms with Gasteiger partial charge in [-0.15, -0.1) is 0 Å². The summed E-state index contributed by atoms with van der Waals surface area (Å²) in [5, 5.41) is 1.20. The molecule has 2 aromatic rings. The van der Waals surface area contributed by atoms with E-state index in [0.717, 1.165) is 5.56 Å². The van der Waals surface area contributed by atoms with E-state index in [-0.39, 0.29) is 23.0 Å². The smallest absolute Gasteiger partial charge is 0.387 e. The first-order valence-electron chi connectivity index (χ1n) is 6.93. The number of carbonyl (C=O) groups excluding carboxylic acids is 1. The van der Waals surface area contributed by atoms with Crippen LogP contribution in [-0.2, 0) is 6.54 Å². The third kappa shape index (κ3) is 4.88. The van der Waals surface area contributed by atoms with Crippen LogP contribution in [-0.4, -0.2) is 22.6 Å². The monoisotopic (exact) mass is 351 g/mol. The summed E-state index contributed by atoms with van der Waals surface area (Å²) < 4.78 is 29.2. The van der Waals surface area contributed by atoms with E-state index in [9.17, 15) is 13.6 Å². The molecule has 3 N–H and O–H groups in total. The Kier molecular flexibility index (Phi) is 6.02. The van der Waals surface area contributed by atoms with Gasteiger partial charge in [0, 0.05) is 0 Å². The van der Waals surface area contributed by atoms with Crippen molar-refractivity contribution in [2.75, 3.05) is 0 Å². The number of alkyl halides is 2. The molecule has 0 unspecified atom stereocenters. The molecule has 2 rings (SSSR count). The second-order valence-electron chi connectivity index (χ2n) is 4.73. The number of ether oxygens (including phenoxy) is 1. The van der Waals surface area contributed by atoms with Gasteiger partial charge in [0.1, 0.15) is 5.75 Å². The number of benzene rings is 2. The minimum atomic E-state index is -3.03. The average Bonchev–Trinajstić information content (AvgIpc) is 2.55. The van der Waals surface area contributed by atoms with Gasteiger partial charge in [0.25, 0.3) is 5.91 Å². The summed E-state index contributed by atoms with van der Waals surface area (Å²) in [4.78, 5) is 12.4. The molecule has 0 heterocycles. The quantitative estimate of drug-likeness (QED) is 0.640. The van der Waals surface area contributed by atoms with Crippen molar-refractivity contribution in [3.8, 4) is 5.75 Å². The second-order valence-corrected chi connectivity index (χ2v) is 5.14. The fourth-order valence-electron chi connectivity index (χ4n) is 1.97. The molecule has 0 fully saturated rings. The van der Waals surface area contributed by atoms with Gasteiger partial charge >= 0.3 is 6.61 Å². The molecule has 0 aliphatic heterocycles. The standard InChI is InChI=1S/C16H15F2N3O2S/c17-15(18)23-13-9-5-4-8-12(13)14(22)20-21(16(19)24)10-11-6-2-1-3-7-11/h1-9,15H,10H2,(H2,19,24)(H,20,22). The summed E-state index contributed by atoms with van der Waals surface area (Å²) in [6.45, 7) is -2.80. The normalized spacial score (nSPS) is 10.3. The van der Waals surface area contributed by atoms with Crippen LogP contribution in [0.2, 0.25) is 0 Å². The molecule has 5 nitrogen and oxygen atoms in total. The lowest BCUT2D eigenvalue weighted by Gasteiger charge is -2.24. The number of hydrazine groups is 1. The van der Waals surface area contributed by atoms with E-state index < -0.39 is 12.5 Å². The van der Waals surface area contributed by atoms with Crippen molar-refractivity contribution in [2.24, 2.45) is 5.73 Å². The van der Waals surface area contributed by atoms with Gasteiger partial charge in [-0.3, -0.25) is 15.2 Å². The van der Waals surface area contributed by atoms with E-state index in [4.69, 9.17) is 18.0 Å². The first-order valence-corrected chi connectivity index (χ1v) is 7.34. The van der Waals surface area contributed by atoms with Crippen LogP contribution in [0.15, 0.2) is 54.6 Å². The van der Waals surface area contributed by atoms with E-state index in [2.05, 4.69) is 10.2 Å². The number of rotatable bonds is 5. The number of hydrogen-bond acceptors (Lipinski definition) is 3.